The van der Waals surface area contributed by atoms with Gasteiger partial charge in [0.15, 0.2) is 5.82 Å². The highest BCUT2D eigenvalue weighted by Crippen LogP contribution is 2.35. The second-order valence-electron chi connectivity index (χ2n) is 4.53. The van der Waals surface area contributed by atoms with E-state index in [0.29, 0.717) is 22.8 Å². The van der Waals surface area contributed by atoms with Crippen molar-refractivity contribution < 1.29 is 4.39 Å². The van der Waals surface area contributed by atoms with Crippen LogP contribution in [0.25, 0.3) is 22.5 Å². The first-order valence-electron chi connectivity index (χ1n) is 6.18. The molecule has 1 aromatic carbocycles. The summed E-state index contributed by atoms with van der Waals surface area (Å²) in [5.41, 5.74) is 9.67. The molecule has 0 saturated carbocycles. The summed E-state index contributed by atoms with van der Waals surface area (Å²) in [5.74, 6) is 0.0492. The molecular weight excluding hydrogens is 255 g/mol. The van der Waals surface area contributed by atoms with Crippen molar-refractivity contribution in [2.45, 2.75) is 6.92 Å². The van der Waals surface area contributed by atoms with Gasteiger partial charge in [0.25, 0.3) is 0 Å². The van der Waals surface area contributed by atoms with Crippen molar-refractivity contribution in [3.8, 4) is 22.5 Å². The maximum Gasteiger partial charge on any atom is 0.155 e. The number of nitrogens with one attached hydrogen (secondary N) is 1. The largest absolute Gasteiger partial charge is 0.382 e. The molecule has 100 valence electrons. The first-order valence-corrected chi connectivity index (χ1v) is 6.18. The highest BCUT2D eigenvalue weighted by molar-refractivity contribution is 5.87. The number of aryl methyl sites for hydroxylation is 1. The minimum absolute atomic E-state index is 0.300. The number of benzene rings is 1. The van der Waals surface area contributed by atoms with E-state index in [1.807, 2.05) is 25.1 Å². The molecule has 0 atom stereocenters. The lowest BCUT2D eigenvalue weighted by atomic mass is 10.0. The lowest BCUT2D eigenvalue weighted by molar-refractivity contribution is 0.628. The van der Waals surface area contributed by atoms with E-state index in [-0.39, 0.29) is 5.82 Å². The minimum Gasteiger partial charge on any atom is -0.382 e. The van der Waals surface area contributed by atoms with E-state index < -0.39 is 0 Å². The van der Waals surface area contributed by atoms with Crippen molar-refractivity contribution in [1.82, 2.24) is 15.2 Å². The van der Waals surface area contributed by atoms with Gasteiger partial charge < -0.3 is 5.73 Å². The van der Waals surface area contributed by atoms with Crippen LogP contribution < -0.4 is 5.73 Å². The van der Waals surface area contributed by atoms with Gasteiger partial charge in [-0.2, -0.15) is 5.10 Å². The van der Waals surface area contributed by atoms with Crippen molar-refractivity contribution in [3.05, 3.63) is 54.0 Å². The van der Waals surface area contributed by atoms with Gasteiger partial charge in [-0.15, -0.1) is 0 Å². The van der Waals surface area contributed by atoms with Crippen LogP contribution in [0, 0.1) is 12.7 Å². The zero-order chi connectivity index (χ0) is 14.1. The van der Waals surface area contributed by atoms with E-state index in [2.05, 4.69) is 15.2 Å². The summed E-state index contributed by atoms with van der Waals surface area (Å²) in [5, 5.41) is 6.91. The number of anilines is 1. The normalized spacial score (nSPS) is 10.7. The Morgan fingerprint density at radius 1 is 1.20 bits per heavy atom. The average Bonchev–Trinajstić information content (AvgIpc) is 2.84. The predicted molar refractivity (Wildman–Crippen MR) is 76.4 cm³/mol. The molecule has 20 heavy (non-hydrogen) atoms. The first kappa shape index (κ1) is 12.3. The van der Waals surface area contributed by atoms with Crippen LogP contribution >= 0.6 is 0 Å². The molecule has 2 heterocycles. The number of pyridine rings is 1. The first-order chi connectivity index (χ1) is 9.66. The molecule has 3 aromatic rings. The Balaban J connectivity index is 2.24. The number of aromatic nitrogens is 3. The Morgan fingerprint density at radius 2 is 2.05 bits per heavy atom. The Labute approximate surface area is 115 Å². The van der Waals surface area contributed by atoms with E-state index in [1.165, 1.54) is 12.1 Å². The van der Waals surface area contributed by atoms with Gasteiger partial charge in [-0.1, -0.05) is 12.1 Å². The second-order valence-corrected chi connectivity index (χ2v) is 4.53. The minimum atomic E-state index is -0.300. The molecule has 0 aliphatic heterocycles. The van der Waals surface area contributed by atoms with Gasteiger partial charge in [0.2, 0.25) is 0 Å². The summed E-state index contributed by atoms with van der Waals surface area (Å²) in [6.07, 6.45) is 1.68. The molecule has 0 bridgehead atoms. The lowest BCUT2D eigenvalue weighted by Gasteiger charge is -2.07. The van der Waals surface area contributed by atoms with E-state index >= 15 is 0 Å². The fourth-order valence-electron chi connectivity index (χ4n) is 2.18. The topological polar surface area (TPSA) is 67.6 Å². The fraction of sp³-hybridized carbons (Fsp3) is 0.0667. The van der Waals surface area contributed by atoms with Gasteiger partial charge in [-0.25, -0.2) is 4.39 Å². The third-order valence-corrected chi connectivity index (χ3v) is 3.18. The summed E-state index contributed by atoms with van der Waals surface area (Å²) < 4.78 is 13.5. The molecule has 0 fully saturated rings. The highest BCUT2D eigenvalue weighted by atomic mass is 19.1. The molecule has 0 radical (unpaired) electrons. The quantitative estimate of drug-likeness (QED) is 0.750. The third kappa shape index (κ3) is 2.03. The third-order valence-electron chi connectivity index (χ3n) is 3.18. The molecule has 0 aliphatic carbocycles. The van der Waals surface area contributed by atoms with Crippen LogP contribution in [0.1, 0.15) is 5.56 Å². The summed E-state index contributed by atoms with van der Waals surface area (Å²) in [6, 6.07) is 10.2. The van der Waals surface area contributed by atoms with E-state index in [4.69, 9.17) is 5.73 Å². The Kier molecular flexibility index (Phi) is 2.95. The number of hydrogen-bond donors (Lipinski definition) is 2. The highest BCUT2D eigenvalue weighted by Gasteiger charge is 2.17. The van der Waals surface area contributed by atoms with Crippen molar-refractivity contribution >= 4 is 5.82 Å². The number of nitrogens with zero attached hydrogens (tertiary/aromatic N) is 2. The van der Waals surface area contributed by atoms with Gasteiger partial charge >= 0.3 is 0 Å². The second kappa shape index (κ2) is 4.77. The van der Waals surface area contributed by atoms with Crippen molar-refractivity contribution in [2.24, 2.45) is 0 Å². The van der Waals surface area contributed by atoms with Crippen LogP contribution in [-0.4, -0.2) is 15.2 Å². The van der Waals surface area contributed by atoms with E-state index in [0.717, 1.165) is 11.1 Å². The number of rotatable bonds is 2. The number of nitrogen functional groups attached to an aromatic ring is 1. The number of aromatic amines is 1. The number of nitrogens with two attached hydrogens (primary N) is 1. The molecule has 3 rings (SSSR count). The van der Waals surface area contributed by atoms with Gasteiger partial charge in [0.1, 0.15) is 5.82 Å². The maximum atomic E-state index is 13.5. The molecule has 2 aromatic heterocycles. The molecule has 0 aliphatic rings. The molecule has 3 N–H and O–H groups in total. The summed E-state index contributed by atoms with van der Waals surface area (Å²) >= 11 is 0. The van der Waals surface area contributed by atoms with Crippen LogP contribution in [0.3, 0.4) is 0 Å². The zero-order valence-corrected chi connectivity index (χ0v) is 10.9. The summed E-state index contributed by atoms with van der Waals surface area (Å²) in [7, 11) is 0. The van der Waals surface area contributed by atoms with Gasteiger partial charge in [-0.05, 0) is 36.8 Å². The number of halogens is 1. The van der Waals surface area contributed by atoms with Gasteiger partial charge in [0.05, 0.1) is 17.0 Å². The van der Waals surface area contributed by atoms with E-state index in [9.17, 15) is 4.39 Å². The van der Waals surface area contributed by atoms with Crippen LogP contribution in [0.4, 0.5) is 10.2 Å². The van der Waals surface area contributed by atoms with Crippen LogP contribution in [0.15, 0.2) is 42.6 Å². The van der Waals surface area contributed by atoms with Crippen molar-refractivity contribution in [2.75, 3.05) is 5.73 Å². The van der Waals surface area contributed by atoms with Crippen LogP contribution in [0.2, 0.25) is 0 Å². The average molecular weight is 268 g/mol. The number of hydrogen-bond acceptors (Lipinski definition) is 3. The van der Waals surface area contributed by atoms with Crippen molar-refractivity contribution in [3.63, 3.8) is 0 Å². The molecular formula is C15H13FN4. The number of H-pyrrole nitrogens is 1. The standard InChI is InChI=1S/C15H13FN4/c1-9-5-6-10(16)8-11(9)14-13(15(17)20-19-14)12-4-2-3-7-18-12/h2-8H,1H3,(H3,17,19,20). The lowest BCUT2D eigenvalue weighted by Crippen LogP contribution is -1.92. The van der Waals surface area contributed by atoms with Gasteiger partial charge in [-0.3, -0.25) is 10.1 Å². The summed E-state index contributed by atoms with van der Waals surface area (Å²) in [4.78, 5) is 4.29. The predicted octanol–water partition coefficient (Wildman–Crippen LogP) is 3.17. The fourth-order valence-corrected chi connectivity index (χ4v) is 2.18. The Morgan fingerprint density at radius 3 is 2.80 bits per heavy atom. The van der Waals surface area contributed by atoms with Crippen molar-refractivity contribution in [1.29, 1.82) is 0 Å². The SMILES string of the molecule is Cc1ccc(F)cc1-c1[nH]nc(N)c1-c1ccccn1. The summed E-state index contributed by atoms with van der Waals surface area (Å²) in [6.45, 7) is 1.91. The molecule has 0 saturated heterocycles. The van der Waals surface area contributed by atoms with Crippen LogP contribution in [-0.2, 0) is 0 Å². The van der Waals surface area contributed by atoms with E-state index in [1.54, 1.807) is 12.3 Å². The molecule has 0 unspecified atom stereocenters. The Bertz CT molecular complexity index is 750. The molecule has 4 nitrogen and oxygen atoms in total. The molecule has 0 spiro atoms. The van der Waals surface area contributed by atoms with Crippen LogP contribution in [0.5, 0.6) is 0 Å². The molecule has 0 amide bonds. The zero-order valence-electron chi connectivity index (χ0n) is 10.9. The monoisotopic (exact) mass is 268 g/mol. The Hall–Kier alpha value is -2.69. The molecule has 5 heteroatoms. The smallest absolute Gasteiger partial charge is 0.155 e. The van der Waals surface area contributed by atoms with Gasteiger partial charge in [0, 0.05) is 11.8 Å². The maximum absolute atomic E-state index is 13.5.